The van der Waals surface area contributed by atoms with Gasteiger partial charge in [0.2, 0.25) is 0 Å². The van der Waals surface area contributed by atoms with Gasteiger partial charge in [-0.1, -0.05) is 80.5 Å². The quantitative estimate of drug-likeness (QED) is 0.172. The first kappa shape index (κ1) is 18.0. The number of nitrogens with zero attached hydrogens (tertiary/aromatic N) is 2. The van der Waals surface area contributed by atoms with E-state index in [9.17, 15) is 0 Å². The predicted octanol–water partition coefficient (Wildman–Crippen LogP) is 9.51. The topological polar surface area (TPSA) is 38.9 Å². The summed E-state index contributed by atoms with van der Waals surface area (Å²) in [5.41, 5.74) is 3.09. The van der Waals surface area contributed by atoms with Gasteiger partial charge in [-0.05, 0) is 54.1 Å². The van der Waals surface area contributed by atoms with Crippen molar-refractivity contribution in [3.63, 3.8) is 0 Å². The first-order chi connectivity index (χ1) is 23.1. The molecule has 1 radical (unpaired) electrons. The van der Waals surface area contributed by atoms with Crippen molar-refractivity contribution in [2.45, 2.75) is 47.7 Å². The number of furan rings is 1. The van der Waals surface area contributed by atoms with E-state index in [-0.39, 0.29) is 42.4 Å². The Labute approximate surface area is 266 Å². The van der Waals surface area contributed by atoms with Crippen LogP contribution in [0.3, 0.4) is 0 Å². The van der Waals surface area contributed by atoms with Gasteiger partial charge in [0.15, 0.2) is 0 Å². The van der Waals surface area contributed by atoms with Gasteiger partial charge in [0.1, 0.15) is 5.58 Å². The van der Waals surface area contributed by atoms with Crippen molar-refractivity contribution in [3.05, 3.63) is 120 Å². The Morgan fingerprint density at radius 1 is 0.850 bits per heavy atom. The molecule has 0 aliphatic heterocycles. The number of fused-ring (bicyclic) bond motifs is 3. The fraction of sp³-hybridized carbons (Fsp3) is 0.222. The molecule has 6 rings (SSSR count). The van der Waals surface area contributed by atoms with Crippen LogP contribution in [0.4, 0.5) is 0 Å². The minimum Gasteiger partial charge on any atom is -0.501 e. The molecule has 0 atom stereocenters. The van der Waals surface area contributed by atoms with E-state index in [1.54, 1.807) is 39.0 Å². The fourth-order valence-corrected chi connectivity index (χ4v) is 4.12. The van der Waals surface area contributed by atoms with Crippen molar-refractivity contribution in [1.29, 1.82) is 0 Å². The molecule has 0 spiro atoms. The summed E-state index contributed by atoms with van der Waals surface area (Å²) >= 11 is 0. The maximum absolute atomic E-state index is 8.70. The number of pyridine rings is 2. The van der Waals surface area contributed by atoms with Crippen molar-refractivity contribution < 1.29 is 39.6 Å². The van der Waals surface area contributed by atoms with Gasteiger partial charge >= 0.3 is 0 Å². The Morgan fingerprint density at radius 3 is 2.35 bits per heavy atom. The average Bonchev–Trinajstić information content (AvgIpc) is 3.42. The number of hydrogen-bond acceptors (Lipinski definition) is 3. The number of rotatable bonds is 3. The van der Waals surface area contributed by atoms with Crippen LogP contribution < -0.4 is 0 Å². The number of para-hydroxylation sites is 1. The minimum atomic E-state index is -2.48. The van der Waals surface area contributed by atoms with Crippen molar-refractivity contribution in [2.75, 3.05) is 0 Å². The molecule has 3 aromatic carbocycles. The second-order valence-corrected chi connectivity index (χ2v) is 10.1. The smallest absolute Gasteiger partial charge is 0.120 e. The molecule has 3 heterocycles. The molecule has 0 bridgehead atoms. The first-order valence-corrected chi connectivity index (χ1v) is 12.4. The van der Waals surface area contributed by atoms with Crippen molar-refractivity contribution in [3.8, 4) is 22.5 Å². The molecule has 205 valence electrons. The van der Waals surface area contributed by atoms with Gasteiger partial charge in [-0.3, -0.25) is 0 Å². The van der Waals surface area contributed by atoms with E-state index >= 15 is 0 Å². The van der Waals surface area contributed by atoms with Gasteiger partial charge in [-0.25, -0.2) is 0 Å². The molecule has 40 heavy (non-hydrogen) atoms. The molecular weight excluding hydrogens is 669 g/mol. The molecule has 4 heteroatoms. The summed E-state index contributed by atoms with van der Waals surface area (Å²) in [4.78, 5) is 8.45. The van der Waals surface area contributed by atoms with Gasteiger partial charge in [-0.2, -0.15) is 0 Å². The van der Waals surface area contributed by atoms with E-state index in [0.29, 0.717) is 28.1 Å². The zero-order valence-corrected chi connectivity index (χ0v) is 24.6. The molecule has 0 amide bonds. The van der Waals surface area contributed by atoms with Crippen LogP contribution in [0.15, 0.2) is 89.6 Å². The molecule has 0 unspecified atom stereocenters. The van der Waals surface area contributed by atoms with E-state index in [1.807, 2.05) is 30.3 Å². The SMILES string of the molecule is [2H]C([2H])([2H])c1c[c-]c(-c2ccc(C([2H])([2H])[2H])cn2)cc1.[2H]C([2H])([2H])c1cnc(-c2[c-]ccc3c2oc2ccccc23)cc1C([2H])([2H])C(C)(C)C.[Ir]. The summed E-state index contributed by atoms with van der Waals surface area (Å²) in [6.45, 7) is -1.56. The van der Waals surface area contributed by atoms with Gasteiger partial charge in [0, 0.05) is 53.0 Å². The molecule has 6 aromatic rings. The third kappa shape index (κ3) is 6.75. The number of hydrogen-bond donors (Lipinski definition) is 0. The molecule has 0 aliphatic carbocycles. The molecule has 0 N–H and O–H groups in total. The van der Waals surface area contributed by atoms with E-state index in [0.717, 1.165) is 16.4 Å². The largest absolute Gasteiger partial charge is 0.501 e. The summed E-state index contributed by atoms with van der Waals surface area (Å²) < 4.78 is 90.7. The van der Waals surface area contributed by atoms with Crippen LogP contribution in [0.2, 0.25) is 0 Å². The normalized spacial score (nSPS) is 16.5. The molecule has 0 fully saturated rings. The number of aryl methyl sites for hydroxylation is 3. The van der Waals surface area contributed by atoms with E-state index < -0.39 is 32.3 Å². The van der Waals surface area contributed by atoms with Crippen LogP contribution in [0, 0.1) is 38.1 Å². The maximum Gasteiger partial charge on any atom is 0.120 e. The zero-order chi connectivity index (χ0) is 36.9. The third-order valence-corrected chi connectivity index (χ3v) is 5.86. The maximum atomic E-state index is 8.70. The van der Waals surface area contributed by atoms with Crippen LogP contribution in [-0.2, 0) is 26.5 Å². The minimum absolute atomic E-state index is 0. The van der Waals surface area contributed by atoms with Gasteiger partial charge in [0.05, 0.1) is 5.58 Å². The van der Waals surface area contributed by atoms with E-state index in [4.69, 9.17) is 19.5 Å². The Balaban J connectivity index is 0.000000243. The Morgan fingerprint density at radius 2 is 1.65 bits per heavy atom. The molecule has 0 aliphatic rings. The Kier molecular flexibility index (Phi) is 5.52. The summed E-state index contributed by atoms with van der Waals surface area (Å²) in [7, 11) is 0. The van der Waals surface area contributed by atoms with Crippen LogP contribution in [0.1, 0.15) is 58.1 Å². The molecule has 0 saturated carbocycles. The van der Waals surface area contributed by atoms with Crippen LogP contribution in [0.5, 0.6) is 0 Å². The van der Waals surface area contributed by atoms with Crippen LogP contribution in [-0.4, -0.2) is 9.97 Å². The molecule has 3 nitrogen and oxygen atoms in total. The molecule has 0 saturated heterocycles. The number of aromatic nitrogens is 2. The second-order valence-electron chi connectivity index (χ2n) is 10.1. The summed E-state index contributed by atoms with van der Waals surface area (Å²) in [6.07, 6.45) is 0.667. The van der Waals surface area contributed by atoms with E-state index in [1.165, 1.54) is 36.7 Å². The Hall–Kier alpha value is -3.59. The van der Waals surface area contributed by atoms with E-state index in [2.05, 4.69) is 22.1 Å². The summed E-state index contributed by atoms with van der Waals surface area (Å²) in [5, 5.41) is 1.87. The first-order valence-electron chi connectivity index (χ1n) is 17.9. The van der Waals surface area contributed by atoms with Gasteiger partial charge in [0.25, 0.3) is 0 Å². The monoisotopic (exact) mass is 714 g/mol. The van der Waals surface area contributed by atoms with Crippen LogP contribution in [0.25, 0.3) is 44.5 Å². The summed E-state index contributed by atoms with van der Waals surface area (Å²) in [5.74, 6) is 0. The molecule has 3 aromatic heterocycles. The average molecular weight is 714 g/mol. The van der Waals surface area contributed by atoms with Gasteiger partial charge in [-0.15, -0.1) is 53.6 Å². The second kappa shape index (κ2) is 12.3. The van der Waals surface area contributed by atoms with Crippen molar-refractivity contribution in [1.82, 2.24) is 9.97 Å². The predicted molar refractivity (Wildman–Crippen MR) is 162 cm³/mol. The zero-order valence-electron chi connectivity index (χ0n) is 33.2. The Bertz CT molecular complexity index is 2070. The number of benzene rings is 3. The van der Waals surface area contributed by atoms with Crippen LogP contribution >= 0.6 is 0 Å². The standard InChI is InChI=1S/C23H22NO.C13H12N.Ir/c1-15-14-24-20(12-16(15)13-23(2,3)4)19-10-7-9-18-17-8-5-6-11-21(17)25-22(18)19;1-10-3-6-12(7-4-10)13-8-5-11(2)9-14-13;/h5-9,11-12,14H,13H2,1-4H3;3-6,8-9H,1-2H3;/q2*-1;/i1D3,13D2;1D3,2D3;. The van der Waals surface area contributed by atoms with Crippen molar-refractivity contribution in [2.24, 2.45) is 5.41 Å². The molecular formula is C36H34IrN2O-2. The van der Waals surface area contributed by atoms with Crippen molar-refractivity contribution >= 4 is 21.9 Å². The van der Waals surface area contributed by atoms with Gasteiger partial charge < -0.3 is 14.4 Å². The summed E-state index contributed by atoms with van der Waals surface area (Å²) in [6, 6.07) is 26.5. The fourth-order valence-electron chi connectivity index (χ4n) is 4.12. The third-order valence-electron chi connectivity index (χ3n) is 5.86.